The molecule has 5 heteroatoms. The molecule has 24 heavy (non-hydrogen) atoms. The van der Waals surface area contributed by atoms with Gasteiger partial charge in [0.25, 0.3) is 0 Å². The number of nitrogens with zero attached hydrogens (tertiary/aromatic N) is 1. The number of fused-ring (bicyclic) bond motifs is 3. The Hall–Kier alpha value is -2.56. The van der Waals surface area contributed by atoms with Gasteiger partial charge in [-0.25, -0.2) is 9.59 Å². The SMILES string of the molecule is COC(=O)C1=C(C(=O)OC)c2c3n(c4ccccc24)CCCC3C1. The van der Waals surface area contributed by atoms with Crippen molar-refractivity contribution in [3.63, 3.8) is 0 Å². The first-order valence-electron chi connectivity index (χ1n) is 8.18. The first kappa shape index (κ1) is 15.0. The zero-order valence-corrected chi connectivity index (χ0v) is 13.8. The van der Waals surface area contributed by atoms with Crippen molar-refractivity contribution in [2.24, 2.45) is 0 Å². The molecule has 0 spiro atoms. The molecule has 1 aromatic heterocycles. The fourth-order valence-corrected chi connectivity index (χ4v) is 4.22. The lowest BCUT2D eigenvalue weighted by Crippen LogP contribution is -2.25. The molecule has 2 aromatic rings. The number of aromatic nitrogens is 1. The van der Waals surface area contributed by atoms with Gasteiger partial charge in [-0.15, -0.1) is 0 Å². The van der Waals surface area contributed by atoms with Crippen molar-refractivity contribution < 1.29 is 19.1 Å². The van der Waals surface area contributed by atoms with E-state index in [4.69, 9.17) is 9.47 Å². The van der Waals surface area contributed by atoms with Gasteiger partial charge in [0.15, 0.2) is 0 Å². The molecular weight excluding hydrogens is 306 g/mol. The Morgan fingerprint density at radius 3 is 2.62 bits per heavy atom. The maximum absolute atomic E-state index is 12.5. The molecule has 124 valence electrons. The summed E-state index contributed by atoms with van der Waals surface area (Å²) in [6.07, 6.45) is 2.61. The number of carbonyl (C=O) groups excluding carboxylic acids is 2. The molecule has 0 N–H and O–H groups in total. The van der Waals surface area contributed by atoms with Gasteiger partial charge < -0.3 is 14.0 Å². The van der Waals surface area contributed by atoms with Crippen molar-refractivity contribution in [2.75, 3.05) is 14.2 Å². The Kier molecular flexibility index (Phi) is 3.44. The fourth-order valence-electron chi connectivity index (χ4n) is 4.22. The second-order valence-corrected chi connectivity index (χ2v) is 6.31. The lowest BCUT2D eigenvalue weighted by Gasteiger charge is -2.31. The highest BCUT2D eigenvalue weighted by molar-refractivity contribution is 6.26. The van der Waals surface area contributed by atoms with Gasteiger partial charge in [-0.3, -0.25) is 0 Å². The summed E-state index contributed by atoms with van der Waals surface area (Å²) in [6.45, 7) is 0.939. The lowest BCUT2D eigenvalue weighted by atomic mass is 9.78. The fraction of sp³-hybridized carbons (Fsp3) is 0.368. The molecule has 4 rings (SSSR count). The van der Waals surface area contributed by atoms with Crippen LogP contribution in [0.2, 0.25) is 0 Å². The molecule has 0 bridgehead atoms. The normalized spacial score (nSPS) is 19.2. The molecule has 2 heterocycles. The molecule has 2 aliphatic rings. The number of methoxy groups -OCH3 is 2. The van der Waals surface area contributed by atoms with E-state index in [9.17, 15) is 9.59 Å². The van der Waals surface area contributed by atoms with Crippen molar-refractivity contribution in [2.45, 2.75) is 31.7 Å². The lowest BCUT2D eigenvalue weighted by molar-refractivity contribution is -0.138. The van der Waals surface area contributed by atoms with Crippen molar-refractivity contribution in [3.8, 4) is 0 Å². The minimum Gasteiger partial charge on any atom is -0.466 e. The van der Waals surface area contributed by atoms with Gasteiger partial charge in [0, 0.05) is 34.6 Å². The van der Waals surface area contributed by atoms with Crippen LogP contribution in [0, 0.1) is 0 Å². The van der Waals surface area contributed by atoms with Gasteiger partial charge in [0.05, 0.1) is 25.4 Å². The minimum atomic E-state index is -0.474. The summed E-state index contributed by atoms with van der Waals surface area (Å²) in [7, 11) is 2.70. The topological polar surface area (TPSA) is 57.5 Å². The first-order valence-corrected chi connectivity index (χ1v) is 8.18. The summed E-state index contributed by atoms with van der Waals surface area (Å²) in [5.74, 6) is -0.675. The molecule has 1 aliphatic heterocycles. The predicted octanol–water partition coefficient (Wildman–Crippen LogP) is 3.02. The minimum absolute atomic E-state index is 0.239. The average molecular weight is 325 g/mol. The summed E-state index contributed by atoms with van der Waals surface area (Å²) in [5.41, 5.74) is 3.93. The number of hydrogen-bond donors (Lipinski definition) is 0. The maximum Gasteiger partial charge on any atom is 0.339 e. The van der Waals surface area contributed by atoms with E-state index in [2.05, 4.69) is 10.6 Å². The quantitative estimate of drug-likeness (QED) is 0.797. The second-order valence-electron chi connectivity index (χ2n) is 6.31. The number of aryl methyl sites for hydroxylation is 1. The van der Waals surface area contributed by atoms with Crippen molar-refractivity contribution in [1.82, 2.24) is 4.57 Å². The van der Waals surface area contributed by atoms with Crippen molar-refractivity contribution >= 4 is 28.4 Å². The van der Waals surface area contributed by atoms with Gasteiger partial charge in [-0.1, -0.05) is 18.2 Å². The molecule has 1 aliphatic carbocycles. The van der Waals surface area contributed by atoms with Crippen LogP contribution in [0.3, 0.4) is 0 Å². The molecule has 0 saturated carbocycles. The third kappa shape index (κ3) is 1.94. The monoisotopic (exact) mass is 325 g/mol. The van der Waals surface area contributed by atoms with Crippen LogP contribution in [0.25, 0.3) is 16.5 Å². The number of benzene rings is 1. The van der Waals surface area contributed by atoms with Crippen LogP contribution >= 0.6 is 0 Å². The Morgan fingerprint density at radius 1 is 1.12 bits per heavy atom. The van der Waals surface area contributed by atoms with Crippen LogP contribution < -0.4 is 0 Å². The molecule has 1 unspecified atom stereocenters. The van der Waals surface area contributed by atoms with Crippen LogP contribution in [0.15, 0.2) is 29.8 Å². The Morgan fingerprint density at radius 2 is 1.88 bits per heavy atom. The van der Waals surface area contributed by atoms with E-state index in [0.29, 0.717) is 17.6 Å². The second kappa shape index (κ2) is 5.51. The highest BCUT2D eigenvalue weighted by atomic mass is 16.5. The molecule has 0 radical (unpaired) electrons. The standard InChI is InChI=1S/C19H19NO4/c1-23-18(21)13-10-11-6-5-9-20-14-8-4-3-7-12(14)15(17(11)20)16(13)19(22)24-2/h3-4,7-8,11H,5-6,9-10H2,1-2H3. The van der Waals surface area contributed by atoms with Gasteiger partial charge in [-0.2, -0.15) is 0 Å². The summed E-state index contributed by atoms with van der Waals surface area (Å²) in [6, 6.07) is 8.05. The summed E-state index contributed by atoms with van der Waals surface area (Å²) in [4.78, 5) is 24.9. The maximum atomic E-state index is 12.5. The molecule has 0 saturated heterocycles. The van der Waals surface area contributed by atoms with E-state index in [0.717, 1.165) is 41.5 Å². The van der Waals surface area contributed by atoms with Crippen LogP contribution in [-0.2, 0) is 25.6 Å². The number of hydrogen-bond acceptors (Lipinski definition) is 4. The number of rotatable bonds is 2. The number of para-hydroxylation sites is 1. The van der Waals surface area contributed by atoms with Crippen LogP contribution in [0.5, 0.6) is 0 Å². The van der Waals surface area contributed by atoms with E-state index in [1.165, 1.54) is 14.2 Å². The molecule has 5 nitrogen and oxygen atoms in total. The zero-order chi connectivity index (χ0) is 16.8. The summed E-state index contributed by atoms with van der Waals surface area (Å²) >= 11 is 0. The van der Waals surface area contributed by atoms with Gasteiger partial charge >= 0.3 is 11.9 Å². The van der Waals surface area contributed by atoms with Crippen molar-refractivity contribution in [3.05, 3.63) is 41.1 Å². The smallest absolute Gasteiger partial charge is 0.339 e. The Bertz CT molecular complexity index is 890. The van der Waals surface area contributed by atoms with Gasteiger partial charge in [0.1, 0.15) is 0 Å². The first-order chi connectivity index (χ1) is 11.7. The van der Waals surface area contributed by atoms with E-state index < -0.39 is 11.9 Å². The number of esters is 2. The van der Waals surface area contributed by atoms with Gasteiger partial charge in [-0.05, 0) is 25.3 Å². The van der Waals surface area contributed by atoms with E-state index in [-0.39, 0.29) is 5.92 Å². The number of ether oxygens (including phenoxy) is 2. The van der Waals surface area contributed by atoms with Crippen LogP contribution in [0.1, 0.15) is 36.4 Å². The van der Waals surface area contributed by atoms with E-state index in [1.807, 2.05) is 18.2 Å². The van der Waals surface area contributed by atoms with E-state index in [1.54, 1.807) is 0 Å². The molecule has 0 fully saturated rings. The molecule has 1 atom stereocenters. The third-order valence-electron chi connectivity index (χ3n) is 5.16. The summed E-state index contributed by atoms with van der Waals surface area (Å²) in [5, 5.41) is 1.00. The Balaban J connectivity index is 2.11. The zero-order valence-electron chi connectivity index (χ0n) is 13.8. The molecular formula is C19H19NO4. The predicted molar refractivity (Wildman–Crippen MR) is 89.5 cm³/mol. The molecule has 1 aromatic carbocycles. The number of carbonyl (C=O) groups is 2. The van der Waals surface area contributed by atoms with Crippen molar-refractivity contribution in [1.29, 1.82) is 0 Å². The molecule has 0 amide bonds. The van der Waals surface area contributed by atoms with Crippen LogP contribution in [0.4, 0.5) is 0 Å². The highest BCUT2D eigenvalue weighted by Crippen LogP contribution is 2.48. The van der Waals surface area contributed by atoms with Gasteiger partial charge in [0.2, 0.25) is 0 Å². The highest BCUT2D eigenvalue weighted by Gasteiger charge is 2.39. The third-order valence-corrected chi connectivity index (χ3v) is 5.16. The average Bonchev–Trinajstić information content (AvgIpc) is 2.97. The van der Waals surface area contributed by atoms with E-state index >= 15 is 0 Å². The summed E-state index contributed by atoms with van der Waals surface area (Å²) < 4.78 is 12.3. The largest absolute Gasteiger partial charge is 0.466 e. The van der Waals surface area contributed by atoms with Crippen LogP contribution in [-0.4, -0.2) is 30.7 Å². The Labute approximate surface area is 139 Å².